The van der Waals surface area contributed by atoms with Gasteiger partial charge >= 0.3 is 0 Å². The number of anilines is 1. The van der Waals surface area contributed by atoms with E-state index in [0.29, 0.717) is 5.56 Å². The summed E-state index contributed by atoms with van der Waals surface area (Å²) in [5, 5.41) is 2.97. The van der Waals surface area contributed by atoms with Gasteiger partial charge in [0, 0.05) is 30.6 Å². The van der Waals surface area contributed by atoms with Crippen molar-refractivity contribution in [3.05, 3.63) is 42.7 Å². The molecule has 0 spiro atoms. The maximum absolute atomic E-state index is 13.5. The number of halogens is 1. The number of hydrogen-bond donors (Lipinski definition) is 1. The van der Waals surface area contributed by atoms with Crippen molar-refractivity contribution in [2.45, 2.75) is 0 Å². The van der Waals surface area contributed by atoms with Crippen LogP contribution in [0.3, 0.4) is 0 Å². The third-order valence-electron chi connectivity index (χ3n) is 2.15. The van der Waals surface area contributed by atoms with E-state index in [2.05, 4.69) is 15.3 Å². The van der Waals surface area contributed by atoms with E-state index in [1.54, 1.807) is 37.8 Å². The van der Waals surface area contributed by atoms with Crippen molar-refractivity contribution < 1.29 is 4.39 Å². The van der Waals surface area contributed by atoms with Crippen LogP contribution in [0.1, 0.15) is 0 Å². The first-order chi connectivity index (χ1) is 7.33. The molecule has 0 aliphatic rings. The molecule has 0 radical (unpaired) electrons. The molecule has 0 amide bonds. The van der Waals surface area contributed by atoms with Crippen LogP contribution >= 0.6 is 0 Å². The van der Waals surface area contributed by atoms with Crippen LogP contribution in [-0.4, -0.2) is 17.0 Å². The summed E-state index contributed by atoms with van der Waals surface area (Å²) in [6.45, 7) is 0. The fourth-order valence-electron chi connectivity index (χ4n) is 1.42. The van der Waals surface area contributed by atoms with Crippen LogP contribution in [0.15, 0.2) is 36.9 Å². The summed E-state index contributed by atoms with van der Waals surface area (Å²) in [4.78, 5) is 7.69. The molecule has 3 nitrogen and oxygen atoms in total. The number of nitrogens with one attached hydrogen (secondary N) is 1. The Morgan fingerprint density at radius 1 is 1.07 bits per heavy atom. The molecule has 0 atom stereocenters. The van der Waals surface area contributed by atoms with E-state index < -0.39 is 0 Å². The molecule has 2 rings (SSSR count). The maximum atomic E-state index is 13.5. The summed E-state index contributed by atoms with van der Waals surface area (Å²) in [6.07, 6.45) is 6.07. The lowest BCUT2D eigenvalue weighted by Gasteiger charge is -2.08. The Labute approximate surface area is 87.0 Å². The molecule has 0 aromatic carbocycles. The number of rotatable bonds is 2. The molecule has 76 valence electrons. The van der Waals surface area contributed by atoms with Crippen molar-refractivity contribution >= 4 is 5.69 Å². The molecule has 0 aliphatic heterocycles. The fourth-order valence-corrected chi connectivity index (χ4v) is 1.42. The van der Waals surface area contributed by atoms with Crippen molar-refractivity contribution in [3.63, 3.8) is 0 Å². The summed E-state index contributed by atoms with van der Waals surface area (Å²) < 4.78 is 13.5. The third-order valence-corrected chi connectivity index (χ3v) is 2.15. The minimum absolute atomic E-state index is 0.333. The van der Waals surface area contributed by atoms with E-state index in [1.807, 2.05) is 0 Å². The molecule has 2 heterocycles. The van der Waals surface area contributed by atoms with E-state index >= 15 is 0 Å². The second kappa shape index (κ2) is 4.04. The van der Waals surface area contributed by atoms with Gasteiger partial charge in [-0.1, -0.05) is 0 Å². The van der Waals surface area contributed by atoms with Crippen molar-refractivity contribution in [3.8, 4) is 11.1 Å². The molecule has 0 saturated carbocycles. The van der Waals surface area contributed by atoms with E-state index in [9.17, 15) is 4.39 Å². The molecular weight excluding hydrogens is 193 g/mol. The predicted octanol–water partition coefficient (Wildman–Crippen LogP) is 2.32. The van der Waals surface area contributed by atoms with Gasteiger partial charge in [0.2, 0.25) is 0 Å². The van der Waals surface area contributed by atoms with Gasteiger partial charge in [0.25, 0.3) is 0 Å². The Morgan fingerprint density at radius 3 is 2.40 bits per heavy atom. The van der Waals surface area contributed by atoms with Crippen LogP contribution in [0, 0.1) is 5.82 Å². The van der Waals surface area contributed by atoms with E-state index in [1.165, 1.54) is 6.20 Å². The predicted molar refractivity (Wildman–Crippen MR) is 57.0 cm³/mol. The second-order valence-corrected chi connectivity index (χ2v) is 3.03. The van der Waals surface area contributed by atoms with Gasteiger partial charge in [-0.05, 0) is 12.1 Å². The van der Waals surface area contributed by atoms with Gasteiger partial charge in [-0.3, -0.25) is 9.97 Å². The van der Waals surface area contributed by atoms with Crippen molar-refractivity contribution in [1.29, 1.82) is 0 Å². The van der Waals surface area contributed by atoms with Crippen molar-refractivity contribution in [2.24, 2.45) is 0 Å². The first-order valence-corrected chi connectivity index (χ1v) is 4.54. The van der Waals surface area contributed by atoms with Crippen LogP contribution in [0.2, 0.25) is 0 Å². The SMILES string of the molecule is CNc1cnccc1-c1ccncc1F. The van der Waals surface area contributed by atoms with Crippen LogP contribution in [0.5, 0.6) is 0 Å². The Balaban J connectivity index is 2.59. The van der Waals surface area contributed by atoms with E-state index in [4.69, 9.17) is 0 Å². The number of aromatic nitrogens is 2. The van der Waals surface area contributed by atoms with Crippen LogP contribution in [0.4, 0.5) is 10.1 Å². The van der Waals surface area contributed by atoms with Gasteiger partial charge in [0.15, 0.2) is 0 Å². The monoisotopic (exact) mass is 203 g/mol. The van der Waals surface area contributed by atoms with Gasteiger partial charge in [-0.25, -0.2) is 4.39 Å². The van der Waals surface area contributed by atoms with Crippen LogP contribution in [0.25, 0.3) is 11.1 Å². The third kappa shape index (κ3) is 1.79. The standard InChI is InChI=1S/C11H10FN3/c1-13-11-7-15-5-3-9(11)8-2-4-14-6-10(8)12/h2-7,13H,1H3. The van der Waals surface area contributed by atoms with Crippen LogP contribution in [-0.2, 0) is 0 Å². The highest BCUT2D eigenvalue weighted by atomic mass is 19.1. The summed E-state index contributed by atoms with van der Waals surface area (Å²) in [5.74, 6) is -0.333. The second-order valence-electron chi connectivity index (χ2n) is 3.03. The zero-order valence-electron chi connectivity index (χ0n) is 8.24. The number of hydrogen-bond acceptors (Lipinski definition) is 3. The highest BCUT2D eigenvalue weighted by Gasteiger charge is 2.08. The summed E-state index contributed by atoms with van der Waals surface area (Å²) >= 11 is 0. The fraction of sp³-hybridized carbons (Fsp3) is 0.0909. The molecule has 4 heteroatoms. The Morgan fingerprint density at radius 2 is 1.73 bits per heavy atom. The highest BCUT2D eigenvalue weighted by Crippen LogP contribution is 2.27. The molecule has 0 unspecified atom stereocenters. The summed E-state index contributed by atoms with van der Waals surface area (Å²) in [6, 6.07) is 3.41. The van der Waals surface area contributed by atoms with E-state index in [0.717, 1.165) is 11.3 Å². The van der Waals surface area contributed by atoms with Gasteiger partial charge in [0.1, 0.15) is 5.82 Å². The Bertz CT molecular complexity index is 471. The largest absolute Gasteiger partial charge is 0.386 e. The molecule has 1 N–H and O–H groups in total. The van der Waals surface area contributed by atoms with Gasteiger partial charge in [-0.15, -0.1) is 0 Å². The maximum Gasteiger partial charge on any atom is 0.149 e. The first kappa shape index (κ1) is 9.58. The molecule has 0 aliphatic carbocycles. The molecule has 0 fully saturated rings. The highest BCUT2D eigenvalue weighted by molar-refractivity contribution is 5.76. The molecular formula is C11H10FN3. The summed E-state index contributed by atoms with van der Waals surface area (Å²) in [5.41, 5.74) is 2.10. The molecule has 15 heavy (non-hydrogen) atoms. The smallest absolute Gasteiger partial charge is 0.149 e. The Hall–Kier alpha value is -1.97. The average Bonchev–Trinajstić information content (AvgIpc) is 2.30. The van der Waals surface area contributed by atoms with Gasteiger partial charge in [0.05, 0.1) is 18.1 Å². The Kier molecular flexibility index (Phi) is 2.58. The zero-order valence-corrected chi connectivity index (χ0v) is 8.24. The first-order valence-electron chi connectivity index (χ1n) is 4.54. The number of pyridine rings is 2. The van der Waals surface area contributed by atoms with Crippen molar-refractivity contribution in [1.82, 2.24) is 9.97 Å². The normalized spacial score (nSPS) is 10.0. The molecule has 0 saturated heterocycles. The quantitative estimate of drug-likeness (QED) is 0.813. The molecule has 2 aromatic heterocycles. The molecule has 0 bridgehead atoms. The minimum atomic E-state index is -0.333. The topological polar surface area (TPSA) is 37.8 Å². The van der Waals surface area contributed by atoms with Crippen LogP contribution < -0.4 is 5.32 Å². The average molecular weight is 203 g/mol. The lowest BCUT2D eigenvalue weighted by molar-refractivity contribution is 0.625. The van der Waals surface area contributed by atoms with E-state index in [-0.39, 0.29) is 5.82 Å². The number of nitrogens with zero attached hydrogens (tertiary/aromatic N) is 2. The molecule has 2 aromatic rings. The van der Waals surface area contributed by atoms with Gasteiger partial charge in [-0.2, -0.15) is 0 Å². The van der Waals surface area contributed by atoms with Crippen molar-refractivity contribution in [2.75, 3.05) is 12.4 Å². The summed E-state index contributed by atoms with van der Waals surface area (Å²) in [7, 11) is 1.78. The minimum Gasteiger partial charge on any atom is -0.386 e. The van der Waals surface area contributed by atoms with Gasteiger partial charge < -0.3 is 5.32 Å². The lowest BCUT2D eigenvalue weighted by atomic mass is 10.1. The zero-order chi connectivity index (χ0) is 10.7. The lowest BCUT2D eigenvalue weighted by Crippen LogP contribution is -1.94.